The summed E-state index contributed by atoms with van der Waals surface area (Å²) in [5, 5.41) is 14.3. The van der Waals surface area contributed by atoms with Crippen LogP contribution in [0.4, 0.5) is 5.82 Å². The Balaban J connectivity index is 1.46. The molecule has 0 amide bonds. The summed E-state index contributed by atoms with van der Waals surface area (Å²) in [6.45, 7) is 0.661. The first-order valence-electron chi connectivity index (χ1n) is 8.19. The average Bonchev–Trinajstić information content (AvgIpc) is 3.22. The van der Waals surface area contributed by atoms with Crippen molar-refractivity contribution < 1.29 is 4.42 Å². The van der Waals surface area contributed by atoms with E-state index < -0.39 is 0 Å². The van der Waals surface area contributed by atoms with E-state index in [4.69, 9.17) is 9.52 Å². The third kappa shape index (κ3) is 2.22. The maximum absolute atomic E-state index is 5.90. The van der Waals surface area contributed by atoms with E-state index in [1.807, 2.05) is 41.9 Å². The lowest BCUT2D eigenvalue weighted by Gasteiger charge is -2.16. The third-order valence-corrected chi connectivity index (χ3v) is 4.48. The van der Waals surface area contributed by atoms with Gasteiger partial charge in [-0.2, -0.15) is 4.52 Å². The summed E-state index contributed by atoms with van der Waals surface area (Å²) in [6.07, 6.45) is 2.36. The smallest absolute Gasteiger partial charge is 0.178 e. The van der Waals surface area contributed by atoms with Crippen LogP contribution >= 0.6 is 0 Å². The summed E-state index contributed by atoms with van der Waals surface area (Å²) in [4.78, 5) is 2.08. The Morgan fingerprint density at radius 2 is 2.04 bits per heavy atom. The summed E-state index contributed by atoms with van der Waals surface area (Å²) >= 11 is 0. The van der Waals surface area contributed by atoms with Crippen molar-refractivity contribution in [2.45, 2.75) is 25.3 Å². The third-order valence-electron chi connectivity index (χ3n) is 4.48. The van der Waals surface area contributed by atoms with E-state index in [9.17, 15) is 0 Å². The fourth-order valence-corrected chi connectivity index (χ4v) is 3.03. The van der Waals surface area contributed by atoms with Gasteiger partial charge in [0.1, 0.15) is 17.2 Å². The number of nitrogens with zero attached hydrogens (tertiary/aromatic N) is 5. The van der Waals surface area contributed by atoms with E-state index in [0.29, 0.717) is 12.5 Å². The number of furan rings is 1. The van der Waals surface area contributed by atoms with Gasteiger partial charge in [-0.15, -0.1) is 15.3 Å². The first kappa shape index (κ1) is 13.5. The predicted molar refractivity (Wildman–Crippen MR) is 91.1 cm³/mol. The molecule has 0 atom stereocenters. The summed E-state index contributed by atoms with van der Waals surface area (Å²) in [5.41, 5.74) is 1.72. The molecule has 0 bridgehead atoms. The van der Waals surface area contributed by atoms with Crippen molar-refractivity contribution in [2.75, 3.05) is 11.9 Å². The monoisotopic (exact) mass is 319 g/mol. The second-order valence-electron chi connectivity index (χ2n) is 6.40. The van der Waals surface area contributed by atoms with Crippen molar-refractivity contribution in [1.29, 1.82) is 0 Å². The standard InChI is InChI=1S/C18H17N5O/c1-22(11-14-10-13-4-2-3-5-15(13)24-14)17-9-8-16-19-20-18(12-6-7-12)23(16)21-17/h2-5,8-10,12H,6-7,11H2,1H3. The van der Waals surface area contributed by atoms with Crippen LogP contribution in [0.3, 0.4) is 0 Å². The molecule has 120 valence electrons. The van der Waals surface area contributed by atoms with Gasteiger partial charge in [0.15, 0.2) is 11.5 Å². The van der Waals surface area contributed by atoms with Crippen LogP contribution in [0.5, 0.6) is 0 Å². The van der Waals surface area contributed by atoms with Crippen molar-refractivity contribution in [1.82, 2.24) is 19.8 Å². The minimum atomic E-state index is 0.517. The Morgan fingerprint density at radius 1 is 1.17 bits per heavy atom. The zero-order chi connectivity index (χ0) is 16.1. The van der Waals surface area contributed by atoms with Crippen LogP contribution in [-0.4, -0.2) is 26.9 Å². The highest BCUT2D eigenvalue weighted by Gasteiger charge is 2.29. The molecule has 6 heteroatoms. The highest BCUT2D eigenvalue weighted by atomic mass is 16.3. The van der Waals surface area contributed by atoms with Gasteiger partial charge in [0.2, 0.25) is 0 Å². The molecular weight excluding hydrogens is 302 g/mol. The fraction of sp³-hybridized carbons (Fsp3) is 0.278. The van der Waals surface area contributed by atoms with Crippen molar-refractivity contribution in [2.24, 2.45) is 0 Å². The van der Waals surface area contributed by atoms with Gasteiger partial charge in [0.25, 0.3) is 0 Å². The summed E-state index contributed by atoms with van der Waals surface area (Å²) < 4.78 is 7.78. The van der Waals surface area contributed by atoms with E-state index in [1.54, 1.807) is 0 Å². The Kier molecular flexibility index (Phi) is 2.85. The van der Waals surface area contributed by atoms with Crippen molar-refractivity contribution in [3.05, 3.63) is 54.0 Å². The fourth-order valence-electron chi connectivity index (χ4n) is 3.03. The van der Waals surface area contributed by atoms with Crippen molar-refractivity contribution >= 4 is 22.4 Å². The van der Waals surface area contributed by atoms with Gasteiger partial charge in [-0.3, -0.25) is 0 Å². The first-order chi connectivity index (χ1) is 11.8. The highest BCUT2D eigenvalue weighted by molar-refractivity contribution is 5.77. The van der Waals surface area contributed by atoms with Gasteiger partial charge in [-0.25, -0.2) is 0 Å². The quantitative estimate of drug-likeness (QED) is 0.577. The zero-order valence-electron chi connectivity index (χ0n) is 13.4. The molecule has 3 heterocycles. The lowest BCUT2D eigenvalue weighted by Crippen LogP contribution is -2.18. The molecule has 6 nitrogen and oxygen atoms in total. The average molecular weight is 319 g/mol. The molecule has 4 aromatic rings. The van der Waals surface area contributed by atoms with E-state index >= 15 is 0 Å². The number of hydrogen-bond acceptors (Lipinski definition) is 5. The number of aromatic nitrogens is 4. The minimum absolute atomic E-state index is 0.517. The zero-order valence-corrected chi connectivity index (χ0v) is 13.4. The topological polar surface area (TPSA) is 59.5 Å². The molecule has 3 aromatic heterocycles. The maximum atomic E-state index is 5.90. The van der Waals surface area contributed by atoms with Crippen LogP contribution in [0.2, 0.25) is 0 Å². The molecule has 24 heavy (non-hydrogen) atoms. The van der Waals surface area contributed by atoms with Gasteiger partial charge in [-0.1, -0.05) is 18.2 Å². The van der Waals surface area contributed by atoms with Gasteiger partial charge >= 0.3 is 0 Å². The van der Waals surface area contributed by atoms with Crippen LogP contribution in [0.25, 0.3) is 16.6 Å². The Hall–Kier alpha value is -2.89. The van der Waals surface area contributed by atoms with Crippen molar-refractivity contribution in [3.63, 3.8) is 0 Å². The largest absolute Gasteiger partial charge is 0.459 e. The molecule has 0 spiro atoms. The van der Waals surface area contributed by atoms with Crippen LogP contribution in [0.15, 0.2) is 46.9 Å². The van der Waals surface area contributed by atoms with Gasteiger partial charge in [0, 0.05) is 18.4 Å². The maximum Gasteiger partial charge on any atom is 0.178 e. The number of hydrogen-bond donors (Lipinski definition) is 0. The van der Waals surface area contributed by atoms with Crippen molar-refractivity contribution in [3.8, 4) is 0 Å². The second kappa shape index (κ2) is 5.06. The first-order valence-corrected chi connectivity index (χ1v) is 8.19. The summed E-state index contributed by atoms with van der Waals surface area (Å²) in [6, 6.07) is 14.1. The van der Waals surface area contributed by atoms with Crippen LogP contribution in [0.1, 0.15) is 30.3 Å². The van der Waals surface area contributed by atoms with E-state index in [-0.39, 0.29) is 0 Å². The summed E-state index contributed by atoms with van der Waals surface area (Å²) in [7, 11) is 2.02. The number of benzene rings is 1. The highest BCUT2D eigenvalue weighted by Crippen LogP contribution is 2.38. The van der Waals surface area contributed by atoms with E-state index in [0.717, 1.165) is 34.0 Å². The number of fused-ring (bicyclic) bond motifs is 2. The Bertz CT molecular complexity index is 997. The molecular formula is C18H17N5O. The van der Waals surface area contributed by atoms with Gasteiger partial charge in [0.05, 0.1) is 6.54 Å². The lowest BCUT2D eigenvalue weighted by molar-refractivity contribution is 0.544. The number of anilines is 1. The summed E-state index contributed by atoms with van der Waals surface area (Å²) in [5.74, 6) is 3.30. The van der Waals surface area contributed by atoms with Crippen LogP contribution in [0, 0.1) is 0 Å². The molecule has 0 saturated heterocycles. The molecule has 1 saturated carbocycles. The molecule has 1 aliphatic carbocycles. The Labute approximate surface area is 138 Å². The Morgan fingerprint density at radius 3 is 2.88 bits per heavy atom. The van der Waals surface area contributed by atoms with Gasteiger partial charge in [-0.05, 0) is 37.1 Å². The number of rotatable bonds is 4. The normalized spacial score (nSPS) is 14.5. The van der Waals surface area contributed by atoms with Crippen LogP contribution < -0.4 is 4.90 Å². The molecule has 0 radical (unpaired) electrons. The molecule has 0 unspecified atom stereocenters. The van der Waals surface area contributed by atoms with Crippen LogP contribution in [-0.2, 0) is 6.54 Å². The molecule has 1 aromatic carbocycles. The second-order valence-corrected chi connectivity index (χ2v) is 6.40. The van der Waals surface area contributed by atoms with Gasteiger partial charge < -0.3 is 9.32 Å². The molecule has 1 aliphatic rings. The molecule has 5 rings (SSSR count). The molecule has 1 fully saturated rings. The van der Waals surface area contributed by atoms with E-state index in [2.05, 4.69) is 27.2 Å². The predicted octanol–water partition coefficient (Wildman–Crippen LogP) is 3.38. The van der Waals surface area contributed by atoms with E-state index in [1.165, 1.54) is 12.8 Å². The molecule has 0 aliphatic heterocycles. The number of para-hydroxylation sites is 1. The SMILES string of the molecule is CN(Cc1cc2ccccc2o1)c1ccc2nnc(C3CC3)n2n1. The lowest BCUT2D eigenvalue weighted by atomic mass is 10.2. The molecule has 0 N–H and O–H groups in total. The minimum Gasteiger partial charge on any atom is -0.459 e.